The number of halogens is 1. The van der Waals surface area contributed by atoms with E-state index in [0.29, 0.717) is 11.6 Å². The van der Waals surface area contributed by atoms with Crippen molar-refractivity contribution in [2.24, 2.45) is 5.92 Å². The fourth-order valence-electron chi connectivity index (χ4n) is 1.40. The molecule has 0 heterocycles. The van der Waals surface area contributed by atoms with E-state index in [-0.39, 0.29) is 11.8 Å². The Kier molecular flexibility index (Phi) is 7.64. The van der Waals surface area contributed by atoms with Crippen LogP contribution in [0.1, 0.15) is 33.3 Å². The van der Waals surface area contributed by atoms with Crippen LogP contribution in [0.5, 0.6) is 0 Å². The lowest BCUT2D eigenvalue weighted by Gasteiger charge is -2.19. The Bertz CT molecular complexity index is 350. The molecule has 3 heteroatoms. The summed E-state index contributed by atoms with van der Waals surface area (Å²) in [5.41, 5.74) is 0.982. The van der Waals surface area contributed by atoms with Gasteiger partial charge in [-0.05, 0) is 11.6 Å². The molecule has 0 fully saturated rings. The Morgan fingerprint density at radius 3 is 2.29 bits per heavy atom. The summed E-state index contributed by atoms with van der Waals surface area (Å²) in [6.45, 7) is 8.35. The third-order valence-electron chi connectivity index (χ3n) is 2.24. The van der Waals surface area contributed by atoms with E-state index in [9.17, 15) is 4.79 Å². The first kappa shape index (κ1) is 16.0. The van der Waals surface area contributed by atoms with Gasteiger partial charge in [-0.1, -0.05) is 57.5 Å². The van der Waals surface area contributed by atoms with Gasteiger partial charge in [0.1, 0.15) is 0 Å². The van der Waals surface area contributed by atoms with Gasteiger partial charge < -0.3 is 4.90 Å². The molecule has 1 amide bonds. The lowest BCUT2D eigenvalue weighted by Crippen LogP contribution is -2.30. The summed E-state index contributed by atoms with van der Waals surface area (Å²) < 4.78 is 0. The highest BCUT2D eigenvalue weighted by Crippen LogP contribution is 2.17. The molecule has 0 N–H and O–H groups in total. The second-order valence-corrected chi connectivity index (χ2v) is 4.35. The van der Waals surface area contributed by atoms with E-state index in [0.717, 1.165) is 5.56 Å². The highest BCUT2D eigenvalue weighted by atomic mass is 35.5. The summed E-state index contributed by atoms with van der Waals surface area (Å²) in [5, 5.41) is 0.709. The Labute approximate surface area is 110 Å². The summed E-state index contributed by atoms with van der Waals surface area (Å²) in [5.74, 6) is 0.160. The van der Waals surface area contributed by atoms with Crippen LogP contribution in [0.4, 0.5) is 0 Å². The maximum atomic E-state index is 11.6. The van der Waals surface area contributed by atoms with Gasteiger partial charge in [-0.25, -0.2) is 0 Å². The molecular weight excluding hydrogens is 234 g/mol. The van der Waals surface area contributed by atoms with Gasteiger partial charge >= 0.3 is 0 Å². The Hall–Kier alpha value is -1.02. The van der Waals surface area contributed by atoms with Crippen molar-refractivity contribution in [2.75, 3.05) is 7.05 Å². The van der Waals surface area contributed by atoms with Crippen LogP contribution in [-0.2, 0) is 11.3 Å². The second kappa shape index (κ2) is 8.13. The van der Waals surface area contributed by atoms with Crippen molar-refractivity contribution in [2.45, 2.75) is 34.2 Å². The van der Waals surface area contributed by atoms with E-state index >= 15 is 0 Å². The number of hydrogen-bond donors (Lipinski definition) is 0. The average Bonchev–Trinajstić information content (AvgIpc) is 2.33. The molecule has 0 spiro atoms. The number of nitrogens with zero attached hydrogens (tertiary/aromatic N) is 1. The molecular formula is C14H22ClNO. The zero-order valence-electron chi connectivity index (χ0n) is 11.3. The molecule has 0 saturated heterocycles. The topological polar surface area (TPSA) is 20.3 Å². The predicted octanol–water partition coefficient (Wildman–Crippen LogP) is 3.98. The van der Waals surface area contributed by atoms with E-state index in [4.69, 9.17) is 11.6 Å². The Morgan fingerprint density at radius 1 is 1.29 bits per heavy atom. The lowest BCUT2D eigenvalue weighted by molar-refractivity contribution is -0.133. The number of carbonyl (C=O) groups excluding carboxylic acids is 1. The molecule has 2 nitrogen and oxygen atoms in total. The minimum atomic E-state index is 0.0255. The van der Waals surface area contributed by atoms with Crippen molar-refractivity contribution >= 4 is 17.5 Å². The molecule has 0 aliphatic rings. The van der Waals surface area contributed by atoms with E-state index in [2.05, 4.69) is 0 Å². The zero-order valence-corrected chi connectivity index (χ0v) is 12.1. The summed E-state index contributed by atoms with van der Waals surface area (Å²) in [4.78, 5) is 13.3. The SMILES string of the molecule is CC.CC(C)C(=O)N(C)Cc1ccccc1Cl. The van der Waals surface area contributed by atoms with Crippen LogP contribution in [0.25, 0.3) is 0 Å². The van der Waals surface area contributed by atoms with Crippen LogP contribution >= 0.6 is 11.6 Å². The minimum absolute atomic E-state index is 0.0255. The van der Waals surface area contributed by atoms with Gasteiger partial charge in [0.05, 0.1) is 0 Å². The molecule has 0 atom stereocenters. The van der Waals surface area contributed by atoms with Gasteiger partial charge in [0.2, 0.25) is 5.91 Å². The largest absolute Gasteiger partial charge is 0.341 e. The number of hydrogen-bond acceptors (Lipinski definition) is 1. The summed E-state index contributed by atoms with van der Waals surface area (Å²) in [6, 6.07) is 7.59. The fourth-order valence-corrected chi connectivity index (χ4v) is 1.60. The van der Waals surface area contributed by atoms with Crippen molar-refractivity contribution in [1.82, 2.24) is 4.90 Å². The monoisotopic (exact) mass is 255 g/mol. The standard InChI is InChI=1S/C12H16ClNO.C2H6/c1-9(2)12(15)14(3)8-10-6-4-5-7-11(10)13;1-2/h4-7,9H,8H2,1-3H3;1-2H3. The predicted molar refractivity (Wildman–Crippen MR) is 74.1 cm³/mol. The second-order valence-electron chi connectivity index (χ2n) is 3.94. The van der Waals surface area contributed by atoms with Gasteiger partial charge in [-0.15, -0.1) is 0 Å². The summed E-state index contributed by atoms with van der Waals surface area (Å²) >= 11 is 6.01. The van der Waals surface area contributed by atoms with Crippen molar-refractivity contribution in [1.29, 1.82) is 0 Å². The summed E-state index contributed by atoms with van der Waals surface area (Å²) in [6.07, 6.45) is 0. The van der Waals surface area contributed by atoms with Crippen LogP contribution in [-0.4, -0.2) is 17.9 Å². The van der Waals surface area contributed by atoms with Crippen LogP contribution in [0.15, 0.2) is 24.3 Å². The van der Waals surface area contributed by atoms with E-state index in [1.54, 1.807) is 11.9 Å². The Balaban J connectivity index is 0.00000121. The Morgan fingerprint density at radius 2 is 1.82 bits per heavy atom. The quantitative estimate of drug-likeness (QED) is 0.800. The van der Waals surface area contributed by atoms with Crippen LogP contribution < -0.4 is 0 Å². The van der Waals surface area contributed by atoms with E-state index in [1.165, 1.54) is 0 Å². The smallest absolute Gasteiger partial charge is 0.225 e. The van der Waals surface area contributed by atoms with Gasteiger partial charge in [0.15, 0.2) is 0 Å². The molecule has 0 unspecified atom stereocenters. The minimum Gasteiger partial charge on any atom is -0.341 e. The highest BCUT2D eigenvalue weighted by molar-refractivity contribution is 6.31. The van der Waals surface area contributed by atoms with Gasteiger partial charge in [0, 0.05) is 24.5 Å². The normalized spacial score (nSPS) is 9.59. The summed E-state index contributed by atoms with van der Waals surface area (Å²) in [7, 11) is 1.80. The van der Waals surface area contributed by atoms with Crippen molar-refractivity contribution in [3.8, 4) is 0 Å². The number of carbonyl (C=O) groups is 1. The van der Waals surface area contributed by atoms with Crippen LogP contribution in [0.2, 0.25) is 5.02 Å². The molecule has 1 aromatic carbocycles. The molecule has 0 aromatic heterocycles. The van der Waals surface area contributed by atoms with Gasteiger partial charge in [0.25, 0.3) is 0 Å². The van der Waals surface area contributed by atoms with E-state index < -0.39 is 0 Å². The number of benzene rings is 1. The highest BCUT2D eigenvalue weighted by Gasteiger charge is 2.13. The lowest BCUT2D eigenvalue weighted by atomic mass is 10.1. The van der Waals surface area contributed by atoms with E-state index in [1.807, 2.05) is 52.0 Å². The molecule has 17 heavy (non-hydrogen) atoms. The zero-order chi connectivity index (χ0) is 13.4. The van der Waals surface area contributed by atoms with Gasteiger partial charge in [-0.3, -0.25) is 4.79 Å². The molecule has 0 bridgehead atoms. The first-order valence-electron chi connectivity index (χ1n) is 6.00. The average molecular weight is 256 g/mol. The molecule has 0 radical (unpaired) electrons. The van der Waals surface area contributed by atoms with Crippen molar-refractivity contribution in [3.05, 3.63) is 34.9 Å². The molecule has 0 aliphatic carbocycles. The third-order valence-corrected chi connectivity index (χ3v) is 2.60. The molecule has 1 rings (SSSR count). The first-order valence-corrected chi connectivity index (χ1v) is 6.38. The molecule has 1 aromatic rings. The molecule has 0 aliphatic heterocycles. The third kappa shape index (κ3) is 5.22. The molecule has 0 saturated carbocycles. The number of amides is 1. The van der Waals surface area contributed by atoms with Crippen molar-refractivity contribution < 1.29 is 4.79 Å². The first-order chi connectivity index (χ1) is 8.02. The van der Waals surface area contributed by atoms with Crippen LogP contribution in [0, 0.1) is 5.92 Å². The maximum Gasteiger partial charge on any atom is 0.225 e. The number of rotatable bonds is 3. The molecule has 96 valence electrons. The van der Waals surface area contributed by atoms with Gasteiger partial charge in [-0.2, -0.15) is 0 Å². The van der Waals surface area contributed by atoms with Crippen LogP contribution in [0.3, 0.4) is 0 Å². The van der Waals surface area contributed by atoms with Crippen molar-refractivity contribution in [3.63, 3.8) is 0 Å². The fraction of sp³-hybridized carbons (Fsp3) is 0.500. The maximum absolute atomic E-state index is 11.6.